The minimum Gasteiger partial charge on any atom is -0.356 e. The molecule has 1 aliphatic rings. The van der Waals surface area contributed by atoms with Gasteiger partial charge in [-0.2, -0.15) is 0 Å². The third-order valence-corrected chi connectivity index (χ3v) is 5.62. The Morgan fingerprint density at radius 2 is 2.11 bits per heavy atom. The monoisotopic (exact) mass is 499 g/mol. The first kappa shape index (κ1) is 22.1. The Hall–Kier alpha value is -1.19. The lowest BCUT2D eigenvalue weighted by Gasteiger charge is -2.25. The van der Waals surface area contributed by atoms with E-state index in [-0.39, 0.29) is 24.0 Å². The molecule has 3 rings (SSSR count). The maximum Gasteiger partial charge on any atom is 0.191 e. The van der Waals surface area contributed by atoms with E-state index in [2.05, 4.69) is 61.2 Å². The van der Waals surface area contributed by atoms with Gasteiger partial charge in [-0.25, -0.2) is 4.98 Å². The third-order valence-electron chi connectivity index (χ3n) is 4.80. The Bertz CT molecular complexity index is 703. The van der Waals surface area contributed by atoms with Crippen molar-refractivity contribution in [2.24, 2.45) is 4.99 Å². The summed E-state index contributed by atoms with van der Waals surface area (Å²) in [5, 5.41) is 10.2. The Labute approximate surface area is 183 Å². The summed E-state index contributed by atoms with van der Waals surface area (Å²) in [6.07, 6.45) is 3.44. The number of hydrogen-bond acceptors (Lipinski definition) is 4. The predicted molar refractivity (Wildman–Crippen MR) is 125 cm³/mol. The molecule has 1 aromatic heterocycles. The van der Waals surface area contributed by atoms with E-state index in [0.29, 0.717) is 6.04 Å². The zero-order chi connectivity index (χ0) is 18.2. The Morgan fingerprint density at radius 1 is 1.30 bits per heavy atom. The fourth-order valence-corrected chi connectivity index (χ4v) is 4.07. The summed E-state index contributed by atoms with van der Waals surface area (Å²) < 4.78 is 0. The molecule has 7 heteroatoms. The molecule has 1 saturated heterocycles. The molecule has 2 N–H and O–H groups in total. The van der Waals surface area contributed by atoms with Gasteiger partial charge in [0.25, 0.3) is 0 Å². The van der Waals surface area contributed by atoms with E-state index in [4.69, 9.17) is 0 Å². The summed E-state index contributed by atoms with van der Waals surface area (Å²) >= 11 is 1.71. The number of rotatable bonds is 7. The highest BCUT2D eigenvalue weighted by atomic mass is 127. The van der Waals surface area contributed by atoms with Gasteiger partial charge >= 0.3 is 0 Å². The SMILES string of the molecule is CN=C(NCCc1csc(C)n1)NCC1CCCN1Cc1ccccc1.I. The largest absolute Gasteiger partial charge is 0.356 e. The van der Waals surface area contributed by atoms with Crippen LogP contribution in [0.25, 0.3) is 0 Å². The van der Waals surface area contributed by atoms with E-state index in [9.17, 15) is 0 Å². The molecule has 0 radical (unpaired) electrons. The topological polar surface area (TPSA) is 52.6 Å². The maximum absolute atomic E-state index is 4.50. The minimum absolute atomic E-state index is 0. The zero-order valence-corrected chi connectivity index (χ0v) is 19.3. The maximum atomic E-state index is 4.50. The lowest BCUT2D eigenvalue weighted by atomic mass is 10.2. The number of hydrogen-bond donors (Lipinski definition) is 2. The molecule has 0 aliphatic carbocycles. The van der Waals surface area contributed by atoms with Crippen molar-refractivity contribution in [1.29, 1.82) is 0 Å². The Morgan fingerprint density at radius 3 is 2.81 bits per heavy atom. The molecule has 0 amide bonds. The first-order valence-electron chi connectivity index (χ1n) is 9.38. The van der Waals surface area contributed by atoms with Crippen LogP contribution in [0.4, 0.5) is 0 Å². The molecule has 0 bridgehead atoms. The molecule has 1 fully saturated rings. The predicted octanol–water partition coefficient (Wildman–Crippen LogP) is 3.44. The fourth-order valence-electron chi connectivity index (χ4n) is 3.42. The summed E-state index contributed by atoms with van der Waals surface area (Å²) in [4.78, 5) is 11.4. The van der Waals surface area contributed by atoms with Gasteiger partial charge in [0.1, 0.15) is 0 Å². The van der Waals surface area contributed by atoms with Crippen LogP contribution in [0.2, 0.25) is 0 Å². The van der Waals surface area contributed by atoms with E-state index in [1.54, 1.807) is 11.3 Å². The number of halogens is 1. The average Bonchev–Trinajstić information content (AvgIpc) is 3.27. The molecular formula is C20H30IN5S. The number of aliphatic imine (C=N–C) groups is 1. The summed E-state index contributed by atoms with van der Waals surface area (Å²) in [5.41, 5.74) is 2.54. The van der Waals surface area contributed by atoms with Crippen molar-refractivity contribution >= 4 is 41.3 Å². The molecule has 0 spiro atoms. The van der Waals surface area contributed by atoms with Gasteiger partial charge in [0, 0.05) is 44.5 Å². The van der Waals surface area contributed by atoms with E-state index in [0.717, 1.165) is 42.7 Å². The highest BCUT2D eigenvalue weighted by Crippen LogP contribution is 2.19. The number of guanidine groups is 1. The second kappa shape index (κ2) is 11.6. The van der Waals surface area contributed by atoms with Crippen LogP contribution in [-0.2, 0) is 13.0 Å². The van der Waals surface area contributed by atoms with Crippen LogP contribution >= 0.6 is 35.3 Å². The molecule has 148 valence electrons. The minimum atomic E-state index is 0. The first-order valence-corrected chi connectivity index (χ1v) is 10.3. The zero-order valence-electron chi connectivity index (χ0n) is 16.1. The second-order valence-electron chi connectivity index (χ2n) is 6.74. The van der Waals surface area contributed by atoms with Crippen LogP contribution in [0.15, 0.2) is 40.7 Å². The number of likely N-dealkylation sites (tertiary alicyclic amines) is 1. The molecule has 1 aromatic carbocycles. The molecule has 2 heterocycles. The van der Waals surface area contributed by atoms with Gasteiger partial charge in [-0.1, -0.05) is 30.3 Å². The molecule has 27 heavy (non-hydrogen) atoms. The van der Waals surface area contributed by atoms with Crippen molar-refractivity contribution in [2.75, 3.05) is 26.7 Å². The highest BCUT2D eigenvalue weighted by Gasteiger charge is 2.24. The number of nitrogens with zero attached hydrogens (tertiary/aromatic N) is 3. The van der Waals surface area contributed by atoms with Gasteiger partial charge < -0.3 is 10.6 Å². The number of benzene rings is 1. The normalized spacial score (nSPS) is 17.6. The van der Waals surface area contributed by atoms with E-state index in [1.165, 1.54) is 24.9 Å². The van der Waals surface area contributed by atoms with Gasteiger partial charge in [0.2, 0.25) is 0 Å². The second-order valence-corrected chi connectivity index (χ2v) is 7.80. The van der Waals surface area contributed by atoms with Crippen molar-refractivity contribution < 1.29 is 0 Å². The van der Waals surface area contributed by atoms with Crippen molar-refractivity contribution in [1.82, 2.24) is 20.5 Å². The van der Waals surface area contributed by atoms with Crippen molar-refractivity contribution in [2.45, 2.75) is 38.8 Å². The smallest absolute Gasteiger partial charge is 0.191 e. The lowest BCUT2D eigenvalue weighted by molar-refractivity contribution is 0.245. The summed E-state index contributed by atoms with van der Waals surface area (Å²) in [6.45, 7) is 6.03. The molecule has 1 aliphatic heterocycles. The number of nitrogens with one attached hydrogen (secondary N) is 2. The van der Waals surface area contributed by atoms with E-state index < -0.39 is 0 Å². The van der Waals surface area contributed by atoms with Crippen LogP contribution < -0.4 is 10.6 Å². The van der Waals surface area contributed by atoms with Crippen molar-refractivity contribution in [3.63, 3.8) is 0 Å². The summed E-state index contributed by atoms with van der Waals surface area (Å²) in [6, 6.07) is 11.3. The molecule has 1 unspecified atom stereocenters. The average molecular weight is 499 g/mol. The van der Waals surface area contributed by atoms with Gasteiger partial charge in [-0.15, -0.1) is 35.3 Å². The lowest BCUT2D eigenvalue weighted by Crippen LogP contribution is -2.45. The van der Waals surface area contributed by atoms with Gasteiger partial charge in [0.15, 0.2) is 5.96 Å². The van der Waals surface area contributed by atoms with Gasteiger partial charge in [0.05, 0.1) is 10.7 Å². The van der Waals surface area contributed by atoms with E-state index in [1.807, 2.05) is 14.0 Å². The van der Waals surface area contributed by atoms with Crippen molar-refractivity contribution in [3.05, 3.63) is 52.0 Å². The van der Waals surface area contributed by atoms with Crippen LogP contribution in [0.5, 0.6) is 0 Å². The van der Waals surface area contributed by atoms with Crippen molar-refractivity contribution in [3.8, 4) is 0 Å². The van der Waals surface area contributed by atoms with Gasteiger partial charge in [-0.05, 0) is 31.9 Å². The first-order chi connectivity index (χ1) is 12.7. The Balaban J connectivity index is 0.00000261. The quantitative estimate of drug-likeness (QED) is 0.348. The molecule has 0 saturated carbocycles. The Kier molecular flexibility index (Phi) is 9.50. The highest BCUT2D eigenvalue weighted by molar-refractivity contribution is 14.0. The molecular weight excluding hydrogens is 469 g/mol. The standard InChI is InChI=1S/C20H29N5S.HI/c1-16-24-18(15-26-16)10-11-22-20(21-2)23-13-19-9-6-12-25(19)14-17-7-4-3-5-8-17;/h3-5,7-8,15,19H,6,9-14H2,1-2H3,(H2,21,22,23);1H. The van der Waals surface area contributed by atoms with E-state index >= 15 is 0 Å². The third kappa shape index (κ3) is 7.04. The van der Waals surface area contributed by atoms with Crippen LogP contribution in [0.3, 0.4) is 0 Å². The molecule has 1 atom stereocenters. The van der Waals surface area contributed by atoms with Gasteiger partial charge in [-0.3, -0.25) is 9.89 Å². The summed E-state index contributed by atoms with van der Waals surface area (Å²) in [5.74, 6) is 0.878. The number of aromatic nitrogens is 1. The number of thiazole rings is 1. The fraction of sp³-hybridized carbons (Fsp3) is 0.500. The molecule has 2 aromatic rings. The van der Waals surface area contributed by atoms with Crippen LogP contribution in [-0.4, -0.2) is 48.6 Å². The van der Waals surface area contributed by atoms with Crippen LogP contribution in [0, 0.1) is 6.92 Å². The number of aryl methyl sites for hydroxylation is 1. The molecule has 5 nitrogen and oxygen atoms in total. The summed E-state index contributed by atoms with van der Waals surface area (Å²) in [7, 11) is 1.83. The van der Waals surface area contributed by atoms with Crippen LogP contribution in [0.1, 0.15) is 29.1 Å².